The molecule has 0 aliphatic carbocycles. The lowest BCUT2D eigenvalue weighted by atomic mass is 10.2. The van der Waals surface area contributed by atoms with Crippen LogP contribution in [0.1, 0.15) is 40.9 Å². The molecule has 1 aromatic carbocycles. The van der Waals surface area contributed by atoms with Gasteiger partial charge in [0.05, 0.1) is 17.0 Å². The Kier molecular flexibility index (Phi) is 5.75. The Morgan fingerprint density at radius 3 is 2.62 bits per heavy atom. The first-order valence-electron chi connectivity index (χ1n) is 8.66. The van der Waals surface area contributed by atoms with E-state index in [2.05, 4.69) is 5.32 Å². The summed E-state index contributed by atoms with van der Waals surface area (Å²) < 4.78 is 32.6. The summed E-state index contributed by atoms with van der Waals surface area (Å²) in [6, 6.07) is 8.35. The Morgan fingerprint density at radius 1 is 1.19 bits per heavy atom. The number of piperidine rings is 1. The topological polar surface area (TPSA) is 106 Å². The lowest BCUT2D eigenvalue weighted by molar-refractivity contribution is 0.0950. The molecule has 3 rings (SSSR count). The van der Waals surface area contributed by atoms with Gasteiger partial charge >= 0.3 is 0 Å². The van der Waals surface area contributed by atoms with Gasteiger partial charge < -0.3 is 15.5 Å². The average Bonchev–Trinajstić information content (AvgIpc) is 3.16. The third-order valence-corrected chi connectivity index (χ3v) is 6.46. The van der Waals surface area contributed by atoms with Gasteiger partial charge in [0.1, 0.15) is 12.0 Å². The molecule has 7 nitrogen and oxygen atoms in total. The minimum absolute atomic E-state index is 0.116. The molecule has 0 radical (unpaired) electrons. The quantitative estimate of drug-likeness (QED) is 0.799. The number of nitrogens with two attached hydrogens (primary N) is 1. The summed E-state index contributed by atoms with van der Waals surface area (Å²) in [6.07, 6.45) is 4.15. The Labute approximate surface area is 153 Å². The highest BCUT2D eigenvalue weighted by Crippen LogP contribution is 2.23. The van der Waals surface area contributed by atoms with E-state index in [1.807, 2.05) is 0 Å². The van der Waals surface area contributed by atoms with E-state index in [4.69, 9.17) is 10.2 Å². The fourth-order valence-electron chi connectivity index (χ4n) is 3.03. The van der Waals surface area contributed by atoms with E-state index in [0.717, 1.165) is 19.3 Å². The number of carbonyl (C=O) groups excluding carboxylic acids is 1. The van der Waals surface area contributed by atoms with E-state index >= 15 is 0 Å². The van der Waals surface area contributed by atoms with Crippen molar-refractivity contribution >= 4 is 15.9 Å². The molecule has 140 valence electrons. The molecule has 1 aliphatic rings. The van der Waals surface area contributed by atoms with E-state index in [9.17, 15) is 13.2 Å². The van der Waals surface area contributed by atoms with Crippen LogP contribution in [0, 0.1) is 0 Å². The van der Waals surface area contributed by atoms with Crippen molar-refractivity contribution in [1.29, 1.82) is 0 Å². The zero-order chi connectivity index (χ0) is 18.6. The Balaban J connectivity index is 1.75. The fourth-order valence-corrected chi connectivity index (χ4v) is 4.77. The van der Waals surface area contributed by atoms with Crippen LogP contribution in [0.25, 0.3) is 0 Å². The Hall–Kier alpha value is -2.16. The number of sulfonamides is 1. The highest BCUT2D eigenvalue weighted by Gasteiger charge is 2.27. The lowest BCUT2D eigenvalue weighted by Gasteiger charge is -2.26. The zero-order valence-electron chi connectivity index (χ0n) is 14.5. The zero-order valence-corrected chi connectivity index (χ0v) is 15.3. The van der Waals surface area contributed by atoms with Crippen molar-refractivity contribution in [3.8, 4) is 0 Å². The van der Waals surface area contributed by atoms with Crippen molar-refractivity contribution < 1.29 is 17.6 Å². The number of nitrogens with one attached hydrogen (secondary N) is 1. The fraction of sp³-hybridized carbons (Fsp3) is 0.389. The van der Waals surface area contributed by atoms with Gasteiger partial charge in [0.2, 0.25) is 10.0 Å². The van der Waals surface area contributed by atoms with Crippen LogP contribution in [-0.4, -0.2) is 31.7 Å². The second kappa shape index (κ2) is 8.03. The second-order valence-corrected chi connectivity index (χ2v) is 8.17. The van der Waals surface area contributed by atoms with Crippen LogP contribution >= 0.6 is 0 Å². The van der Waals surface area contributed by atoms with Crippen LogP contribution < -0.4 is 11.1 Å². The first-order valence-corrected chi connectivity index (χ1v) is 10.1. The van der Waals surface area contributed by atoms with Crippen LogP contribution in [0.3, 0.4) is 0 Å². The normalized spacial score (nSPS) is 15.7. The number of furan rings is 1. The van der Waals surface area contributed by atoms with Crippen LogP contribution in [0.2, 0.25) is 0 Å². The van der Waals surface area contributed by atoms with Crippen molar-refractivity contribution in [2.75, 3.05) is 13.1 Å². The molecule has 0 saturated carbocycles. The standard InChI is InChI=1S/C18H23N3O4S/c19-11-16-10-15(13-25-16)18(22)20-12-14-6-2-3-7-17(14)26(23,24)21-8-4-1-5-9-21/h2-3,6-7,10,13H,1,4-5,8-9,11-12,19H2,(H,20,22). The van der Waals surface area contributed by atoms with Crippen LogP contribution in [0.4, 0.5) is 0 Å². The van der Waals surface area contributed by atoms with Crippen molar-refractivity contribution in [2.45, 2.75) is 37.2 Å². The van der Waals surface area contributed by atoms with Gasteiger partial charge in [-0.15, -0.1) is 0 Å². The monoisotopic (exact) mass is 377 g/mol. The first-order chi connectivity index (χ1) is 12.5. The highest BCUT2D eigenvalue weighted by molar-refractivity contribution is 7.89. The smallest absolute Gasteiger partial charge is 0.254 e. The number of benzene rings is 1. The van der Waals surface area contributed by atoms with Gasteiger partial charge in [-0.3, -0.25) is 4.79 Å². The maximum absolute atomic E-state index is 12.9. The number of carbonyl (C=O) groups is 1. The summed E-state index contributed by atoms with van der Waals surface area (Å²) in [4.78, 5) is 12.5. The van der Waals surface area contributed by atoms with Crippen LogP contribution in [0.5, 0.6) is 0 Å². The number of hydrogen-bond donors (Lipinski definition) is 2. The first kappa shape index (κ1) is 18.6. The molecule has 0 bridgehead atoms. The summed E-state index contributed by atoms with van der Waals surface area (Å²) in [6.45, 7) is 1.41. The molecule has 0 atom stereocenters. The molecule has 2 heterocycles. The molecule has 1 aliphatic heterocycles. The summed E-state index contributed by atoms with van der Waals surface area (Å²) in [5, 5.41) is 2.75. The molecular weight excluding hydrogens is 354 g/mol. The molecule has 8 heteroatoms. The summed E-state index contributed by atoms with van der Waals surface area (Å²) in [5.41, 5.74) is 6.40. The lowest BCUT2D eigenvalue weighted by Crippen LogP contribution is -2.36. The molecule has 26 heavy (non-hydrogen) atoms. The number of amides is 1. The molecule has 0 spiro atoms. The number of nitrogens with zero attached hydrogens (tertiary/aromatic N) is 1. The molecule has 3 N–H and O–H groups in total. The minimum atomic E-state index is -3.56. The average molecular weight is 377 g/mol. The van der Waals surface area contributed by atoms with E-state index in [1.165, 1.54) is 10.6 Å². The predicted molar refractivity (Wildman–Crippen MR) is 96.8 cm³/mol. The summed E-state index contributed by atoms with van der Waals surface area (Å²) in [5.74, 6) is 0.182. The van der Waals surface area contributed by atoms with Gasteiger partial charge in [0.15, 0.2) is 0 Å². The van der Waals surface area contributed by atoms with Gasteiger partial charge in [-0.25, -0.2) is 8.42 Å². The maximum Gasteiger partial charge on any atom is 0.254 e. The van der Waals surface area contributed by atoms with E-state index in [0.29, 0.717) is 30.0 Å². The summed E-state index contributed by atoms with van der Waals surface area (Å²) in [7, 11) is -3.56. The number of hydrogen-bond acceptors (Lipinski definition) is 5. The molecular formula is C18H23N3O4S. The third-order valence-electron chi connectivity index (χ3n) is 4.46. The molecule has 1 amide bonds. The molecule has 2 aromatic rings. The van der Waals surface area contributed by atoms with E-state index in [1.54, 1.807) is 30.3 Å². The van der Waals surface area contributed by atoms with Gasteiger partial charge in [-0.1, -0.05) is 24.6 Å². The molecule has 1 saturated heterocycles. The van der Waals surface area contributed by atoms with Crippen molar-refractivity contribution in [1.82, 2.24) is 9.62 Å². The Morgan fingerprint density at radius 2 is 1.92 bits per heavy atom. The number of rotatable bonds is 6. The maximum atomic E-state index is 12.9. The predicted octanol–water partition coefficient (Wildman–Crippen LogP) is 1.84. The molecule has 1 aromatic heterocycles. The van der Waals surface area contributed by atoms with Crippen LogP contribution in [0.15, 0.2) is 45.9 Å². The van der Waals surface area contributed by atoms with Gasteiger partial charge in [-0.2, -0.15) is 4.31 Å². The Bertz CT molecular complexity index is 870. The summed E-state index contributed by atoms with van der Waals surface area (Å²) >= 11 is 0. The van der Waals surface area contributed by atoms with Crippen molar-refractivity contribution in [3.05, 3.63) is 53.5 Å². The largest absolute Gasteiger partial charge is 0.467 e. The SMILES string of the molecule is NCc1cc(C(=O)NCc2ccccc2S(=O)(=O)N2CCCCC2)co1. The molecule has 1 fully saturated rings. The van der Waals surface area contributed by atoms with Gasteiger partial charge in [0.25, 0.3) is 5.91 Å². The van der Waals surface area contributed by atoms with Gasteiger partial charge in [-0.05, 0) is 30.5 Å². The third kappa shape index (κ3) is 3.98. The minimum Gasteiger partial charge on any atom is -0.467 e. The van der Waals surface area contributed by atoms with Gasteiger partial charge in [0, 0.05) is 19.6 Å². The van der Waals surface area contributed by atoms with E-state index in [-0.39, 0.29) is 23.9 Å². The second-order valence-electron chi connectivity index (χ2n) is 6.26. The highest BCUT2D eigenvalue weighted by atomic mass is 32.2. The van der Waals surface area contributed by atoms with Crippen LogP contribution in [-0.2, 0) is 23.1 Å². The van der Waals surface area contributed by atoms with Crippen molar-refractivity contribution in [2.24, 2.45) is 5.73 Å². The molecule has 0 unspecified atom stereocenters. The van der Waals surface area contributed by atoms with Crippen molar-refractivity contribution in [3.63, 3.8) is 0 Å². The van der Waals surface area contributed by atoms with E-state index < -0.39 is 10.0 Å².